The Morgan fingerprint density at radius 3 is 2.29 bits per heavy atom. The van der Waals surface area contributed by atoms with Crippen LogP contribution >= 0.6 is 39.7 Å². The number of benzene rings is 2. The third kappa shape index (κ3) is 3.40. The van der Waals surface area contributed by atoms with Crippen LogP contribution in [0.5, 0.6) is 0 Å². The molecule has 0 spiro atoms. The number of carbonyl (C=O) groups is 2. The lowest BCUT2D eigenvalue weighted by Gasteiger charge is -2.28. The van der Waals surface area contributed by atoms with Gasteiger partial charge >= 0.3 is 0 Å². The summed E-state index contributed by atoms with van der Waals surface area (Å²) in [6.07, 6.45) is 1.54. The molecule has 0 radical (unpaired) electrons. The van der Waals surface area contributed by atoms with Gasteiger partial charge in [0.2, 0.25) is 0 Å². The summed E-state index contributed by atoms with van der Waals surface area (Å²) in [5.74, 6) is -0.993. The Morgan fingerprint density at radius 1 is 1.04 bits per heavy atom. The molecule has 2 aromatic carbocycles. The van der Waals surface area contributed by atoms with E-state index >= 15 is 0 Å². The van der Waals surface area contributed by atoms with Crippen LogP contribution in [-0.2, 0) is 9.59 Å². The number of nitrogens with zero attached hydrogens (tertiary/aromatic N) is 1. The Balaban J connectivity index is 1.99. The Hall–Kier alpha value is -2.02. The predicted molar refractivity (Wildman–Crippen MR) is 102 cm³/mol. The van der Waals surface area contributed by atoms with E-state index in [2.05, 4.69) is 21.2 Å². The minimum absolute atomic E-state index is 0.0147. The zero-order chi connectivity index (χ0) is 17.3. The fraction of sp³-hybridized carbons (Fsp3) is 0. The molecule has 4 nitrogen and oxygen atoms in total. The molecule has 2 aromatic rings. The number of hydrogen-bond acceptors (Lipinski definition) is 3. The Morgan fingerprint density at radius 2 is 1.67 bits per heavy atom. The molecule has 24 heavy (non-hydrogen) atoms. The molecule has 1 fully saturated rings. The number of rotatable bonds is 2. The molecule has 0 aliphatic carbocycles. The summed E-state index contributed by atoms with van der Waals surface area (Å²) in [6, 6.07) is 13.9. The van der Waals surface area contributed by atoms with E-state index < -0.39 is 11.8 Å². The molecule has 7 heteroatoms. The van der Waals surface area contributed by atoms with E-state index in [9.17, 15) is 9.59 Å². The molecule has 1 heterocycles. The van der Waals surface area contributed by atoms with Crippen molar-refractivity contribution >= 4 is 68.4 Å². The van der Waals surface area contributed by atoms with Crippen molar-refractivity contribution in [3.8, 4) is 0 Å². The number of thiocarbonyl (C=S) groups is 1. The minimum Gasteiger partial charge on any atom is -0.298 e. The van der Waals surface area contributed by atoms with Crippen molar-refractivity contribution in [3.63, 3.8) is 0 Å². The zero-order valence-corrected chi connectivity index (χ0v) is 15.3. The van der Waals surface area contributed by atoms with Crippen LogP contribution in [0.2, 0.25) is 5.02 Å². The van der Waals surface area contributed by atoms with Crippen molar-refractivity contribution in [2.45, 2.75) is 0 Å². The highest BCUT2D eigenvalue weighted by Crippen LogP contribution is 2.24. The number of nitrogens with one attached hydrogen (secondary N) is 1. The molecule has 0 aromatic heterocycles. The summed E-state index contributed by atoms with van der Waals surface area (Å²) < 4.78 is 0.910. The third-order valence-electron chi connectivity index (χ3n) is 3.37. The molecular weight excluding hydrogens is 412 g/mol. The van der Waals surface area contributed by atoms with Crippen LogP contribution < -0.4 is 10.2 Å². The number of carbonyl (C=O) groups excluding carboxylic acids is 2. The SMILES string of the molecule is O=C1NC(=S)N(c2ccc(Cl)cc2)C(=O)/C1=C/c1ccc(Br)cc1. The van der Waals surface area contributed by atoms with Crippen LogP contribution in [-0.4, -0.2) is 16.9 Å². The largest absolute Gasteiger partial charge is 0.298 e. The quantitative estimate of drug-likeness (QED) is 0.454. The lowest BCUT2D eigenvalue weighted by Crippen LogP contribution is -2.54. The number of hydrogen-bond donors (Lipinski definition) is 1. The Bertz CT molecular complexity index is 863. The highest BCUT2D eigenvalue weighted by molar-refractivity contribution is 9.10. The van der Waals surface area contributed by atoms with Gasteiger partial charge in [-0.1, -0.05) is 39.7 Å². The van der Waals surface area contributed by atoms with Gasteiger partial charge in [-0.25, -0.2) is 0 Å². The van der Waals surface area contributed by atoms with E-state index in [1.165, 1.54) is 11.0 Å². The second-order valence-electron chi connectivity index (χ2n) is 4.99. The maximum absolute atomic E-state index is 12.8. The Labute approximate surface area is 157 Å². The second-order valence-corrected chi connectivity index (χ2v) is 6.72. The summed E-state index contributed by atoms with van der Waals surface area (Å²) in [4.78, 5) is 26.2. The normalized spacial score (nSPS) is 16.5. The smallest absolute Gasteiger partial charge is 0.270 e. The summed E-state index contributed by atoms with van der Waals surface area (Å²) in [6.45, 7) is 0. The molecule has 0 atom stereocenters. The van der Waals surface area contributed by atoms with Crippen molar-refractivity contribution in [2.24, 2.45) is 0 Å². The first-order valence-corrected chi connectivity index (χ1v) is 8.46. The van der Waals surface area contributed by atoms with Crippen LogP contribution in [0, 0.1) is 0 Å². The standard InChI is InChI=1S/C17H10BrClN2O2S/c18-11-3-1-10(2-4-11)9-14-15(22)20-17(24)21(16(14)23)13-7-5-12(19)6-8-13/h1-9H,(H,20,22,24)/b14-9+. The Kier molecular flexibility index (Phi) is 4.80. The van der Waals surface area contributed by atoms with Gasteiger partial charge in [0.1, 0.15) is 5.57 Å². The van der Waals surface area contributed by atoms with Gasteiger partial charge in [-0.05, 0) is 60.3 Å². The third-order valence-corrected chi connectivity index (χ3v) is 4.43. The van der Waals surface area contributed by atoms with Gasteiger partial charge in [0.15, 0.2) is 5.11 Å². The first kappa shape index (κ1) is 16.8. The molecule has 2 amide bonds. The minimum atomic E-state index is -0.516. The van der Waals surface area contributed by atoms with E-state index in [4.69, 9.17) is 23.8 Å². The van der Waals surface area contributed by atoms with Gasteiger partial charge in [-0.2, -0.15) is 0 Å². The van der Waals surface area contributed by atoms with Gasteiger partial charge < -0.3 is 0 Å². The van der Waals surface area contributed by atoms with Crippen LogP contribution in [0.1, 0.15) is 5.56 Å². The fourth-order valence-electron chi connectivity index (χ4n) is 2.21. The van der Waals surface area contributed by atoms with E-state index in [-0.39, 0.29) is 10.7 Å². The average Bonchev–Trinajstić information content (AvgIpc) is 2.55. The molecule has 0 bridgehead atoms. The second kappa shape index (κ2) is 6.84. The summed E-state index contributed by atoms with van der Waals surface area (Å²) >= 11 is 14.4. The van der Waals surface area contributed by atoms with Crippen molar-refractivity contribution in [1.29, 1.82) is 0 Å². The number of halogens is 2. The molecule has 3 rings (SSSR count). The van der Waals surface area contributed by atoms with Crippen molar-refractivity contribution < 1.29 is 9.59 Å². The summed E-state index contributed by atoms with van der Waals surface area (Å²) in [5, 5.41) is 3.13. The molecule has 120 valence electrons. The fourth-order valence-corrected chi connectivity index (χ4v) is 2.88. The monoisotopic (exact) mass is 420 g/mol. The molecule has 0 unspecified atom stereocenters. The molecular formula is C17H10BrClN2O2S. The van der Waals surface area contributed by atoms with E-state index in [0.29, 0.717) is 10.7 Å². The lowest BCUT2D eigenvalue weighted by atomic mass is 10.1. The first-order valence-electron chi connectivity index (χ1n) is 6.88. The van der Waals surface area contributed by atoms with Crippen molar-refractivity contribution in [3.05, 3.63) is 69.2 Å². The van der Waals surface area contributed by atoms with Gasteiger partial charge in [0.25, 0.3) is 11.8 Å². The van der Waals surface area contributed by atoms with Gasteiger partial charge in [0, 0.05) is 9.50 Å². The highest BCUT2D eigenvalue weighted by atomic mass is 79.9. The van der Waals surface area contributed by atoms with Crippen LogP contribution in [0.15, 0.2) is 58.6 Å². The maximum atomic E-state index is 12.8. The zero-order valence-electron chi connectivity index (χ0n) is 12.1. The van der Waals surface area contributed by atoms with Gasteiger partial charge in [0.05, 0.1) is 5.69 Å². The summed E-state index contributed by atoms with van der Waals surface area (Å²) in [5.41, 5.74) is 1.29. The average molecular weight is 422 g/mol. The molecule has 1 aliphatic rings. The lowest BCUT2D eigenvalue weighted by molar-refractivity contribution is -0.122. The first-order chi connectivity index (χ1) is 11.5. The van der Waals surface area contributed by atoms with Crippen molar-refractivity contribution in [2.75, 3.05) is 4.90 Å². The van der Waals surface area contributed by atoms with E-state index in [1.807, 2.05) is 12.1 Å². The van der Waals surface area contributed by atoms with E-state index in [1.54, 1.807) is 36.4 Å². The van der Waals surface area contributed by atoms with Gasteiger partial charge in [-0.3, -0.25) is 19.8 Å². The molecule has 1 aliphatic heterocycles. The van der Waals surface area contributed by atoms with Crippen LogP contribution in [0.25, 0.3) is 6.08 Å². The van der Waals surface area contributed by atoms with Crippen LogP contribution in [0.3, 0.4) is 0 Å². The maximum Gasteiger partial charge on any atom is 0.270 e. The number of amides is 2. The van der Waals surface area contributed by atoms with Gasteiger partial charge in [-0.15, -0.1) is 0 Å². The number of anilines is 1. The molecule has 1 saturated heterocycles. The van der Waals surface area contributed by atoms with Crippen molar-refractivity contribution in [1.82, 2.24) is 5.32 Å². The molecule has 1 N–H and O–H groups in total. The summed E-state index contributed by atoms with van der Waals surface area (Å²) in [7, 11) is 0. The topological polar surface area (TPSA) is 49.4 Å². The van der Waals surface area contributed by atoms with E-state index in [0.717, 1.165) is 10.0 Å². The molecule has 0 saturated carbocycles. The predicted octanol–water partition coefficient (Wildman–Crippen LogP) is 3.93. The van der Waals surface area contributed by atoms with Crippen LogP contribution in [0.4, 0.5) is 5.69 Å². The highest BCUT2D eigenvalue weighted by Gasteiger charge is 2.34.